The van der Waals surface area contributed by atoms with E-state index in [0.29, 0.717) is 5.39 Å². The van der Waals surface area contributed by atoms with Gasteiger partial charge in [-0.25, -0.2) is 13.9 Å². The Kier molecular flexibility index (Phi) is 4.61. The second kappa shape index (κ2) is 6.84. The van der Waals surface area contributed by atoms with Crippen LogP contribution in [0.1, 0.15) is 35.8 Å². The highest BCUT2D eigenvalue weighted by Crippen LogP contribution is 2.18. The highest BCUT2D eigenvalue weighted by molar-refractivity contribution is 5.95. The number of aromatic nitrogens is 2. The number of hydrogen-bond donors (Lipinski definition) is 0. The third-order valence-electron chi connectivity index (χ3n) is 3.82. The minimum atomic E-state index is -0.788. The highest BCUT2D eigenvalue weighted by Gasteiger charge is 2.17. The van der Waals surface area contributed by atoms with Gasteiger partial charge in [-0.05, 0) is 31.5 Å². The van der Waals surface area contributed by atoms with Gasteiger partial charge in [-0.3, -0.25) is 4.79 Å². The van der Waals surface area contributed by atoms with Crippen LogP contribution in [-0.4, -0.2) is 15.7 Å². The van der Waals surface area contributed by atoms with E-state index in [4.69, 9.17) is 4.74 Å². The molecule has 0 saturated carbocycles. The smallest absolute Gasteiger partial charge is 0.341 e. The molecule has 0 radical (unpaired) electrons. The molecule has 128 valence electrons. The highest BCUT2D eigenvalue weighted by atomic mass is 19.1. The van der Waals surface area contributed by atoms with Crippen LogP contribution in [0, 0.1) is 5.82 Å². The van der Waals surface area contributed by atoms with E-state index >= 15 is 0 Å². The average Bonchev–Trinajstić information content (AvgIpc) is 2.60. The summed E-state index contributed by atoms with van der Waals surface area (Å²) in [6.07, 6.45) is 1.45. The van der Waals surface area contributed by atoms with Gasteiger partial charge in [0, 0.05) is 5.39 Å². The molecular formula is C19H17FN2O3. The van der Waals surface area contributed by atoms with Gasteiger partial charge in [-0.15, -0.1) is 0 Å². The van der Waals surface area contributed by atoms with Crippen molar-refractivity contribution in [2.24, 2.45) is 0 Å². The fourth-order valence-electron chi connectivity index (χ4n) is 2.51. The lowest BCUT2D eigenvalue weighted by atomic mass is 10.1. The molecule has 0 amide bonds. The molecule has 1 heterocycles. The topological polar surface area (TPSA) is 61.2 Å². The molecule has 3 aromatic rings. The van der Waals surface area contributed by atoms with Gasteiger partial charge in [-0.2, -0.15) is 5.10 Å². The lowest BCUT2D eigenvalue weighted by Crippen LogP contribution is -2.24. The number of esters is 1. The van der Waals surface area contributed by atoms with E-state index in [9.17, 15) is 14.0 Å². The first-order valence-corrected chi connectivity index (χ1v) is 7.89. The molecule has 0 atom stereocenters. The zero-order chi connectivity index (χ0) is 18.0. The number of hydrogen-bond acceptors (Lipinski definition) is 4. The summed E-state index contributed by atoms with van der Waals surface area (Å²) in [6.45, 7) is 3.67. The Labute approximate surface area is 143 Å². The van der Waals surface area contributed by atoms with Crippen molar-refractivity contribution in [3.63, 3.8) is 0 Å². The molecule has 5 nitrogen and oxygen atoms in total. The summed E-state index contributed by atoms with van der Waals surface area (Å²) < 4.78 is 20.8. The third kappa shape index (κ3) is 3.42. The summed E-state index contributed by atoms with van der Waals surface area (Å²) in [6, 6.07) is 11.3. The predicted octanol–water partition coefficient (Wildman–Crippen LogP) is 3.47. The zero-order valence-corrected chi connectivity index (χ0v) is 13.9. The lowest BCUT2D eigenvalue weighted by Gasteiger charge is -2.10. The van der Waals surface area contributed by atoms with Crippen molar-refractivity contribution in [3.8, 4) is 0 Å². The van der Waals surface area contributed by atoms with Crippen LogP contribution in [0.2, 0.25) is 0 Å². The first kappa shape index (κ1) is 16.8. The van der Waals surface area contributed by atoms with E-state index in [2.05, 4.69) is 5.10 Å². The number of carbonyl (C=O) groups excluding carboxylic acids is 1. The van der Waals surface area contributed by atoms with Gasteiger partial charge < -0.3 is 4.74 Å². The summed E-state index contributed by atoms with van der Waals surface area (Å²) in [5, 5.41) is 4.64. The molecule has 0 bridgehead atoms. The standard InChI is InChI=1S/C19H17FN2O3/c1-12(2)22-18(23)15-9-17(20)16(8-14(15)10-21-22)19(24)25-11-13-6-4-3-5-7-13/h3-10,12H,11H2,1-2H3. The Bertz CT molecular complexity index is 981. The molecule has 0 unspecified atom stereocenters. The maximum atomic E-state index is 14.3. The van der Waals surface area contributed by atoms with Gasteiger partial charge in [0.05, 0.1) is 23.2 Å². The Morgan fingerprint density at radius 3 is 2.64 bits per heavy atom. The van der Waals surface area contributed by atoms with Crippen molar-refractivity contribution in [3.05, 3.63) is 76.0 Å². The van der Waals surface area contributed by atoms with Crippen molar-refractivity contribution in [2.45, 2.75) is 26.5 Å². The minimum absolute atomic E-state index is 0.0460. The maximum absolute atomic E-state index is 14.3. The van der Waals surface area contributed by atoms with Crippen LogP contribution in [0.15, 0.2) is 53.5 Å². The van der Waals surface area contributed by atoms with Gasteiger partial charge in [0.15, 0.2) is 0 Å². The molecule has 0 N–H and O–H groups in total. The van der Waals surface area contributed by atoms with Crippen LogP contribution in [0.5, 0.6) is 0 Å². The molecule has 0 aliphatic rings. The van der Waals surface area contributed by atoms with E-state index in [1.807, 2.05) is 44.2 Å². The Hall–Kier alpha value is -3.02. The maximum Gasteiger partial charge on any atom is 0.341 e. The van der Waals surface area contributed by atoms with E-state index < -0.39 is 17.3 Å². The van der Waals surface area contributed by atoms with E-state index in [0.717, 1.165) is 11.6 Å². The molecule has 0 aliphatic carbocycles. The number of rotatable bonds is 4. The molecule has 2 aromatic carbocycles. The van der Waals surface area contributed by atoms with Crippen molar-refractivity contribution in [1.82, 2.24) is 9.78 Å². The van der Waals surface area contributed by atoms with Crippen LogP contribution in [0.25, 0.3) is 10.8 Å². The molecule has 0 fully saturated rings. The molecule has 6 heteroatoms. The van der Waals surface area contributed by atoms with E-state index in [1.54, 1.807) is 0 Å². The van der Waals surface area contributed by atoms with Crippen molar-refractivity contribution in [1.29, 1.82) is 0 Å². The Morgan fingerprint density at radius 1 is 1.24 bits per heavy atom. The predicted molar refractivity (Wildman–Crippen MR) is 91.9 cm³/mol. The molecule has 3 rings (SSSR count). The van der Waals surface area contributed by atoms with Crippen LogP contribution < -0.4 is 5.56 Å². The van der Waals surface area contributed by atoms with Gasteiger partial charge in [0.1, 0.15) is 12.4 Å². The van der Waals surface area contributed by atoms with E-state index in [-0.39, 0.29) is 23.6 Å². The SMILES string of the molecule is CC(C)n1ncc2cc(C(=O)OCc3ccccc3)c(F)cc2c1=O. The Morgan fingerprint density at radius 2 is 1.96 bits per heavy atom. The molecule has 0 saturated heterocycles. The first-order chi connectivity index (χ1) is 12.0. The van der Waals surface area contributed by atoms with Crippen LogP contribution >= 0.6 is 0 Å². The zero-order valence-electron chi connectivity index (χ0n) is 13.9. The Balaban J connectivity index is 1.92. The molecule has 0 aliphatic heterocycles. The number of nitrogens with zero attached hydrogens (tertiary/aromatic N) is 2. The first-order valence-electron chi connectivity index (χ1n) is 7.89. The molecule has 1 aromatic heterocycles. The van der Waals surface area contributed by atoms with Crippen molar-refractivity contribution in [2.75, 3.05) is 0 Å². The second-order valence-electron chi connectivity index (χ2n) is 5.97. The summed E-state index contributed by atoms with van der Waals surface area (Å²) in [4.78, 5) is 24.5. The van der Waals surface area contributed by atoms with Gasteiger partial charge in [0.25, 0.3) is 5.56 Å². The van der Waals surface area contributed by atoms with Crippen LogP contribution in [0.3, 0.4) is 0 Å². The van der Waals surface area contributed by atoms with Gasteiger partial charge in [-0.1, -0.05) is 30.3 Å². The lowest BCUT2D eigenvalue weighted by molar-refractivity contribution is 0.0467. The quantitative estimate of drug-likeness (QED) is 0.682. The summed E-state index contributed by atoms with van der Waals surface area (Å²) >= 11 is 0. The number of fused-ring (bicyclic) bond motifs is 1. The number of carbonyl (C=O) groups is 1. The molecular weight excluding hydrogens is 323 g/mol. The van der Waals surface area contributed by atoms with Crippen molar-refractivity contribution < 1.29 is 13.9 Å². The summed E-state index contributed by atoms with van der Waals surface area (Å²) in [7, 11) is 0. The number of benzene rings is 2. The summed E-state index contributed by atoms with van der Waals surface area (Å²) in [5.41, 5.74) is 0.195. The fraction of sp³-hybridized carbons (Fsp3) is 0.211. The monoisotopic (exact) mass is 340 g/mol. The summed E-state index contributed by atoms with van der Waals surface area (Å²) in [5.74, 6) is -1.57. The van der Waals surface area contributed by atoms with Crippen LogP contribution in [-0.2, 0) is 11.3 Å². The number of ether oxygens (including phenoxy) is 1. The van der Waals surface area contributed by atoms with Gasteiger partial charge >= 0.3 is 5.97 Å². The largest absolute Gasteiger partial charge is 0.457 e. The molecule has 0 spiro atoms. The fourth-order valence-corrected chi connectivity index (χ4v) is 2.51. The van der Waals surface area contributed by atoms with Crippen molar-refractivity contribution >= 4 is 16.7 Å². The third-order valence-corrected chi connectivity index (χ3v) is 3.82. The molecule has 25 heavy (non-hydrogen) atoms. The van der Waals surface area contributed by atoms with E-state index in [1.165, 1.54) is 16.9 Å². The second-order valence-corrected chi connectivity index (χ2v) is 5.97. The van der Waals surface area contributed by atoms with Crippen LogP contribution in [0.4, 0.5) is 4.39 Å². The normalized spacial score (nSPS) is 11.0. The number of halogens is 1. The average molecular weight is 340 g/mol. The van der Waals surface area contributed by atoms with Gasteiger partial charge in [0.2, 0.25) is 0 Å². The minimum Gasteiger partial charge on any atom is -0.457 e.